The Morgan fingerprint density at radius 2 is 2.05 bits per heavy atom. The van der Waals surface area contributed by atoms with E-state index in [1.54, 1.807) is 0 Å². The second-order valence-corrected chi connectivity index (χ2v) is 5.28. The highest BCUT2D eigenvalue weighted by Gasteiger charge is 2.31. The van der Waals surface area contributed by atoms with Crippen LogP contribution < -0.4 is 0 Å². The number of unbranched alkanes of at least 4 members (excludes halogenated alkanes) is 2. The lowest BCUT2D eigenvalue weighted by Crippen LogP contribution is -2.25. The number of benzene rings is 1. The van der Waals surface area contributed by atoms with Crippen LogP contribution >= 0.6 is 0 Å². The molecular weight excluding hydrogens is 232 g/mol. The van der Waals surface area contributed by atoms with Gasteiger partial charge in [0.25, 0.3) is 0 Å². The Hall–Kier alpha value is -1.55. The first-order chi connectivity index (χ1) is 9.33. The topological polar surface area (TPSA) is 17.1 Å². The van der Waals surface area contributed by atoms with Gasteiger partial charge in [-0.15, -0.1) is 5.92 Å². The molecule has 0 aliphatic heterocycles. The minimum absolute atomic E-state index is 0.00377. The minimum Gasteiger partial charge on any atom is -0.299 e. The SMILES string of the molecule is CCCCC#CC1CCCC(=O)C1c1ccccc1. The second kappa shape index (κ2) is 7.14. The number of hydrogen-bond donors (Lipinski definition) is 0. The van der Waals surface area contributed by atoms with Crippen molar-refractivity contribution in [2.24, 2.45) is 5.92 Å². The van der Waals surface area contributed by atoms with E-state index < -0.39 is 0 Å². The maximum absolute atomic E-state index is 12.2. The third kappa shape index (κ3) is 3.70. The molecule has 1 aliphatic carbocycles. The van der Waals surface area contributed by atoms with Crippen LogP contribution in [0.5, 0.6) is 0 Å². The van der Waals surface area contributed by atoms with Crippen LogP contribution in [0.15, 0.2) is 30.3 Å². The maximum atomic E-state index is 12.2. The van der Waals surface area contributed by atoms with Crippen LogP contribution in [0.25, 0.3) is 0 Å². The molecule has 1 saturated carbocycles. The third-order valence-corrected chi connectivity index (χ3v) is 3.79. The Morgan fingerprint density at radius 1 is 1.26 bits per heavy atom. The fourth-order valence-electron chi connectivity index (χ4n) is 2.75. The van der Waals surface area contributed by atoms with Crippen molar-refractivity contribution in [1.29, 1.82) is 0 Å². The van der Waals surface area contributed by atoms with Gasteiger partial charge in [0, 0.05) is 18.8 Å². The van der Waals surface area contributed by atoms with Gasteiger partial charge in [0.2, 0.25) is 0 Å². The van der Waals surface area contributed by atoms with E-state index >= 15 is 0 Å². The van der Waals surface area contributed by atoms with Gasteiger partial charge in [0.05, 0.1) is 5.92 Å². The van der Waals surface area contributed by atoms with Crippen LogP contribution in [0.1, 0.15) is 56.9 Å². The summed E-state index contributed by atoms with van der Waals surface area (Å²) in [6.45, 7) is 2.18. The summed E-state index contributed by atoms with van der Waals surface area (Å²) in [5, 5.41) is 0. The van der Waals surface area contributed by atoms with Crippen LogP contribution in [-0.2, 0) is 4.79 Å². The third-order valence-electron chi connectivity index (χ3n) is 3.79. The first-order valence-corrected chi connectivity index (χ1v) is 7.39. The van der Waals surface area contributed by atoms with E-state index in [1.807, 2.05) is 18.2 Å². The molecule has 2 rings (SSSR count). The average Bonchev–Trinajstić information content (AvgIpc) is 2.45. The number of hydrogen-bond acceptors (Lipinski definition) is 1. The molecule has 2 unspecified atom stereocenters. The molecular formula is C18H22O. The predicted octanol–water partition coefficient (Wildman–Crippen LogP) is 4.33. The van der Waals surface area contributed by atoms with Gasteiger partial charge in [0.15, 0.2) is 0 Å². The summed E-state index contributed by atoms with van der Waals surface area (Å²) in [6, 6.07) is 10.2. The molecule has 2 atom stereocenters. The zero-order chi connectivity index (χ0) is 13.5. The summed E-state index contributed by atoms with van der Waals surface area (Å²) >= 11 is 0. The van der Waals surface area contributed by atoms with Crippen LogP contribution in [-0.4, -0.2) is 5.78 Å². The van der Waals surface area contributed by atoms with Crippen LogP contribution in [0.3, 0.4) is 0 Å². The van der Waals surface area contributed by atoms with E-state index in [0.717, 1.165) is 31.2 Å². The summed E-state index contributed by atoms with van der Waals surface area (Å²) in [4.78, 5) is 12.2. The molecule has 1 nitrogen and oxygen atoms in total. The van der Waals surface area contributed by atoms with Crippen molar-refractivity contribution in [1.82, 2.24) is 0 Å². The lowest BCUT2D eigenvalue weighted by atomic mass is 9.75. The summed E-state index contributed by atoms with van der Waals surface area (Å²) < 4.78 is 0. The largest absolute Gasteiger partial charge is 0.299 e. The number of Topliss-reactive ketones (excluding diaryl/α,β-unsaturated/α-hetero) is 1. The Morgan fingerprint density at radius 3 is 2.79 bits per heavy atom. The van der Waals surface area contributed by atoms with E-state index in [9.17, 15) is 4.79 Å². The molecule has 0 heterocycles. The van der Waals surface area contributed by atoms with Crippen molar-refractivity contribution in [3.8, 4) is 11.8 Å². The first kappa shape index (κ1) is 13.9. The molecule has 0 amide bonds. The van der Waals surface area contributed by atoms with Crippen molar-refractivity contribution in [2.45, 2.75) is 51.4 Å². The zero-order valence-corrected chi connectivity index (χ0v) is 11.7. The standard InChI is InChI=1S/C18H22O/c1-2-3-4-6-10-16-13-9-14-17(19)18(16)15-11-7-5-8-12-15/h5,7-8,11-12,16,18H,2-4,9,13-14H2,1H3. The quantitative estimate of drug-likeness (QED) is 0.579. The van der Waals surface area contributed by atoms with Crippen LogP contribution in [0, 0.1) is 17.8 Å². The van der Waals surface area contributed by atoms with Crippen LogP contribution in [0.4, 0.5) is 0 Å². The summed E-state index contributed by atoms with van der Waals surface area (Å²) in [6.07, 6.45) is 6.07. The fourth-order valence-corrected chi connectivity index (χ4v) is 2.75. The van der Waals surface area contributed by atoms with Crippen molar-refractivity contribution >= 4 is 5.78 Å². The highest BCUT2D eigenvalue weighted by molar-refractivity contribution is 5.87. The van der Waals surface area contributed by atoms with E-state index in [2.05, 4.69) is 30.9 Å². The first-order valence-electron chi connectivity index (χ1n) is 7.39. The lowest BCUT2D eigenvalue weighted by Gasteiger charge is -2.27. The number of carbonyl (C=O) groups excluding carboxylic acids is 1. The summed E-state index contributed by atoms with van der Waals surface area (Å²) in [5.41, 5.74) is 1.14. The van der Waals surface area contributed by atoms with Gasteiger partial charge < -0.3 is 0 Å². The molecule has 0 radical (unpaired) electrons. The van der Waals surface area contributed by atoms with E-state index in [1.165, 1.54) is 6.42 Å². The number of carbonyl (C=O) groups is 1. The molecule has 0 saturated heterocycles. The summed E-state index contributed by atoms with van der Waals surface area (Å²) in [7, 11) is 0. The molecule has 1 fully saturated rings. The average molecular weight is 254 g/mol. The summed E-state index contributed by atoms with van der Waals surface area (Å²) in [5.74, 6) is 7.23. The van der Waals surface area contributed by atoms with E-state index in [0.29, 0.717) is 12.2 Å². The normalized spacial score (nSPS) is 22.7. The highest BCUT2D eigenvalue weighted by atomic mass is 16.1. The molecule has 1 aliphatic rings. The van der Waals surface area contributed by atoms with Crippen molar-refractivity contribution < 1.29 is 4.79 Å². The Kier molecular flexibility index (Phi) is 5.21. The van der Waals surface area contributed by atoms with Gasteiger partial charge in [0.1, 0.15) is 5.78 Å². The second-order valence-electron chi connectivity index (χ2n) is 5.28. The molecule has 1 aromatic carbocycles. The molecule has 19 heavy (non-hydrogen) atoms. The molecule has 1 aromatic rings. The molecule has 0 aromatic heterocycles. The van der Waals surface area contributed by atoms with Gasteiger partial charge in [-0.25, -0.2) is 0 Å². The van der Waals surface area contributed by atoms with Gasteiger partial charge in [-0.3, -0.25) is 4.79 Å². The molecule has 100 valence electrons. The van der Waals surface area contributed by atoms with Crippen LogP contribution in [0.2, 0.25) is 0 Å². The van der Waals surface area contributed by atoms with Crippen molar-refractivity contribution in [3.05, 3.63) is 35.9 Å². The zero-order valence-electron chi connectivity index (χ0n) is 11.7. The molecule has 0 N–H and O–H groups in total. The predicted molar refractivity (Wildman–Crippen MR) is 78.8 cm³/mol. The molecule has 1 heteroatoms. The number of ketones is 1. The Labute approximate surface area is 116 Å². The number of rotatable bonds is 3. The minimum atomic E-state index is 0.00377. The Bertz CT molecular complexity index is 463. The van der Waals surface area contributed by atoms with Gasteiger partial charge in [-0.2, -0.15) is 0 Å². The van der Waals surface area contributed by atoms with Crippen molar-refractivity contribution in [3.63, 3.8) is 0 Å². The monoisotopic (exact) mass is 254 g/mol. The van der Waals surface area contributed by atoms with E-state index in [4.69, 9.17) is 0 Å². The molecule has 0 spiro atoms. The highest BCUT2D eigenvalue weighted by Crippen LogP contribution is 2.34. The Balaban J connectivity index is 2.14. The van der Waals surface area contributed by atoms with E-state index in [-0.39, 0.29) is 11.8 Å². The lowest BCUT2D eigenvalue weighted by molar-refractivity contribution is -0.122. The van der Waals surface area contributed by atoms with Gasteiger partial charge in [-0.1, -0.05) is 49.6 Å². The smallest absolute Gasteiger partial charge is 0.141 e. The maximum Gasteiger partial charge on any atom is 0.141 e. The fraction of sp³-hybridized carbons (Fsp3) is 0.500. The molecule has 0 bridgehead atoms. The van der Waals surface area contributed by atoms with Gasteiger partial charge >= 0.3 is 0 Å². The van der Waals surface area contributed by atoms with Gasteiger partial charge in [-0.05, 0) is 24.8 Å². The van der Waals surface area contributed by atoms with Crippen molar-refractivity contribution in [2.75, 3.05) is 0 Å².